The smallest absolute Gasteiger partial charge is 0.414 e. The summed E-state index contributed by atoms with van der Waals surface area (Å²) in [6.07, 6.45) is -6.22. The van der Waals surface area contributed by atoms with Crippen LogP contribution in [0.25, 0.3) is 0 Å². The highest BCUT2D eigenvalue weighted by molar-refractivity contribution is 5.84. The molecule has 1 aliphatic rings. The highest BCUT2D eigenvalue weighted by atomic mass is 16.7. The number of ether oxygens (including phenoxy) is 2. The van der Waals surface area contributed by atoms with Gasteiger partial charge in [-0.05, 0) is 31.0 Å². The summed E-state index contributed by atoms with van der Waals surface area (Å²) in [5, 5.41) is 31.5. The Balaban J connectivity index is 1.93. The van der Waals surface area contributed by atoms with Gasteiger partial charge in [0, 0.05) is 5.69 Å². The fourth-order valence-corrected chi connectivity index (χ4v) is 2.19. The van der Waals surface area contributed by atoms with Crippen molar-refractivity contribution in [2.24, 2.45) is 0 Å². The monoisotopic (exact) mass is 311 g/mol. The van der Waals surface area contributed by atoms with Gasteiger partial charge in [0.05, 0.1) is 6.10 Å². The van der Waals surface area contributed by atoms with E-state index in [0.29, 0.717) is 5.69 Å². The van der Waals surface area contributed by atoms with Gasteiger partial charge in [-0.3, -0.25) is 5.32 Å². The molecule has 7 nitrogen and oxygen atoms in total. The molecule has 0 spiro atoms. The van der Waals surface area contributed by atoms with Crippen molar-refractivity contribution in [3.8, 4) is 0 Å². The summed E-state index contributed by atoms with van der Waals surface area (Å²) in [6.45, 7) is 3.54. The molecule has 0 bridgehead atoms. The molecule has 1 saturated heterocycles. The third kappa shape index (κ3) is 3.75. The van der Waals surface area contributed by atoms with Gasteiger partial charge in [0.2, 0.25) is 6.29 Å². The molecule has 7 heteroatoms. The summed E-state index contributed by atoms with van der Waals surface area (Å²) in [5.41, 5.74) is 1.68. The van der Waals surface area contributed by atoms with E-state index in [1.165, 1.54) is 6.92 Å². The average Bonchev–Trinajstić information content (AvgIpc) is 2.51. The number of carbonyl (C=O) groups is 1. The zero-order valence-corrected chi connectivity index (χ0v) is 12.5. The Morgan fingerprint density at radius 2 is 1.82 bits per heavy atom. The molecule has 22 heavy (non-hydrogen) atoms. The van der Waals surface area contributed by atoms with E-state index >= 15 is 0 Å². The second-order valence-corrected chi connectivity index (χ2v) is 5.26. The summed E-state index contributed by atoms with van der Waals surface area (Å²) in [4.78, 5) is 11.8. The highest BCUT2D eigenvalue weighted by Crippen LogP contribution is 2.22. The van der Waals surface area contributed by atoms with Crippen LogP contribution in [0.1, 0.15) is 19.4 Å². The maximum Gasteiger partial charge on any atom is 0.414 e. The molecule has 122 valence electrons. The molecule has 0 aromatic heterocycles. The number of anilines is 1. The van der Waals surface area contributed by atoms with E-state index in [4.69, 9.17) is 9.47 Å². The lowest BCUT2D eigenvalue weighted by molar-refractivity contribution is -0.275. The van der Waals surface area contributed by atoms with Gasteiger partial charge < -0.3 is 24.8 Å². The number of nitrogens with one attached hydrogen (secondary N) is 1. The Morgan fingerprint density at radius 1 is 1.18 bits per heavy atom. The molecule has 1 fully saturated rings. The Labute approximate surface area is 128 Å². The van der Waals surface area contributed by atoms with E-state index in [2.05, 4.69) is 5.32 Å². The van der Waals surface area contributed by atoms with Gasteiger partial charge >= 0.3 is 6.09 Å². The lowest BCUT2D eigenvalue weighted by Crippen LogP contribution is -2.57. The molecule has 5 unspecified atom stereocenters. The predicted molar refractivity (Wildman–Crippen MR) is 78.3 cm³/mol. The van der Waals surface area contributed by atoms with Crippen LogP contribution in [-0.4, -0.2) is 52.1 Å². The molecule has 0 radical (unpaired) electrons. The van der Waals surface area contributed by atoms with Gasteiger partial charge in [0.15, 0.2) is 0 Å². The van der Waals surface area contributed by atoms with Crippen molar-refractivity contribution in [2.45, 2.75) is 51.0 Å². The van der Waals surface area contributed by atoms with Crippen LogP contribution in [-0.2, 0) is 15.9 Å². The van der Waals surface area contributed by atoms with E-state index in [1.54, 1.807) is 12.1 Å². The summed E-state index contributed by atoms with van der Waals surface area (Å²) in [6, 6.07) is 7.23. The molecular weight excluding hydrogens is 290 g/mol. The second kappa shape index (κ2) is 7.06. The quantitative estimate of drug-likeness (QED) is 0.652. The van der Waals surface area contributed by atoms with E-state index in [-0.39, 0.29) is 0 Å². The molecule has 4 N–H and O–H groups in total. The van der Waals surface area contributed by atoms with Crippen molar-refractivity contribution in [3.05, 3.63) is 29.8 Å². The summed E-state index contributed by atoms with van der Waals surface area (Å²) < 4.78 is 10.1. The summed E-state index contributed by atoms with van der Waals surface area (Å²) >= 11 is 0. The number of hydrogen-bond acceptors (Lipinski definition) is 6. The summed E-state index contributed by atoms with van der Waals surface area (Å²) in [5.74, 6) is 0. The number of aryl methyl sites for hydroxylation is 1. The normalized spacial score (nSPS) is 31.6. The Morgan fingerprint density at radius 3 is 2.41 bits per heavy atom. The van der Waals surface area contributed by atoms with Crippen molar-refractivity contribution in [3.63, 3.8) is 0 Å². The van der Waals surface area contributed by atoms with Crippen LogP contribution in [0.3, 0.4) is 0 Å². The van der Waals surface area contributed by atoms with E-state index in [0.717, 1.165) is 12.0 Å². The number of aliphatic hydroxyl groups excluding tert-OH is 3. The van der Waals surface area contributed by atoms with Crippen molar-refractivity contribution in [1.82, 2.24) is 0 Å². The maximum absolute atomic E-state index is 11.8. The minimum Gasteiger partial charge on any atom is -0.416 e. The first-order valence-electron chi connectivity index (χ1n) is 7.18. The van der Waals surface area contributed by atoms with Gasteiger partial charge in [0.1, 0.15) is 18.3 Å². The van der Waals surface area contributed by atoms with E-state index < -0.39 is 36.8 Å². The Kier molecular flexibility index (Phi) is 5.36. The SMILES string of the molecule is CCc1ccc(NC(=O)OC2OC(C)C(O)C(O)C2O)cc1. The molecule has 1 amide bonds. The highest BCUT2D eigenvalue weighted by Gasteiger charge is 2.43. The van der Waals surface area contributed by atoms with Crippen LogP contribution in [0, 0.1) is 0 Å². The number of rotatable bonds is 3. The zero-order valence-electron chi connectivity index (χ0n) is 12.5. The molecule has 5 atom stereocenters. The fraction of sp³-hybridized carbons (Fsp3) is 0.533. The van der Waals surface area contributed by atoms with Crippen LogP contribution >= 0.6 is 0 Å². The average molecular weight is 311 g/mol. The van der Waals surface area contributed by atoms with Gasteiger partial charge in [-0.2, -0.15) is 0 Å². The number of amides is 1. The third-order valence-electron chi connectivity index (χ3n) is 3.64. The van der Waals surface area contributed by atoms with Crippen molar-refractivity contribution in [1.29, 1.82) is 0 Å². The predicted octanol–water partition coefficient (Wildman–Crippen LogP) is 0.625. The van der Waals surface area contributed by atoms with Crippen molar-refractivity contribution < 1.29 is 29.6 Å². The van der Waals surface area contributed by atoms with Crippen LogP contribution in [0.2, 0.25) is 0 Å². The standard InChI is InChI=1S/C15H21NO6/c1-3-9-4-6-10(7-5-9)16-15(20)22-14-13(19)12(18)11(17)8(2)21-14/h4-8,11-14,17-19H,3H2,1-2H3,(H,16,20). The number of aliphatic hydroxyl groups is 3. The first-order valence-corrected chi connectivity index (χ1v) is 7.18. The second-order valence-electron chi connectivity index (χ2n) is 5.26. The van der Waals surface area contributed by atoms with Crippen molar-refractivity contribution >= 4 is 11.8 Å². The third-order valence-corrected chi connectivity index (χ3v) is 3.64. The van der Waals surface area contributed by atoms with Gasteiger partial charge in [-0.15, -0.1) is 0 Å². The maximum atomic E-state index is 11.8. The zero-order chi connectivity index (χ0) is 16.3. The van der Waals surface area contributed by atoms with E-state index in [9.17, 15) is 20.1 Å². The Hall–Kier alpha value is -1.67. The van der Waals surface area contributed by atoms with Crippen LogP contribution in [0.15, 0.2) is 24.3 Å². The van der Waals surface area contributed by atoms with Crippen LogP contribution in [0.4, 0.5) is 10.5 Å². The molecular formula is C15H21NO6. The molecule has 1 aromatic carbocycles. The minimum atomic E-state index is -1.51. The Bertz CT molecular complexity index is 505. The van der Waals surface area contributed by atoms with Crippen LogP contribution in [0.5, 0.6) is 0 Å². The van der Waals surface area contributed by atoms with Gasteiger partial charge in [0.25, 0.3) is 0 Å². The number of benzene rings is 1. The molecule has 1 heterocycles. The molecule has 1 aliphatic heterocycles. The molecule has 0 aliphatic carbocycles. The fourth-order valence-electron chi connectivity index (χ4n) is 2.19. The molecule has 1 aromatic rings. The van der Waals surface area contributed by atoms with Gasteiger partial charge in [-0.1, -0.05) is 19.1 Å². The summed E-state index contributed by atoms with van der Waals surface area (Å²) in [7, 11) is 0. The number of hydrogen-bond donors (Lipinski definition) is 4. The minimum absolute atomic E-state index is 0.543. The lowest BCUT2D eigenvalue weighted by Gasteiger charge is -2.38. The van der Waals surface area contributed by atoms with Gasteiger partial charge in [-0.25, -0.2) is 4.79 Å². The van der Waals surface area contributed by atoms with Crippen LogP contribution < -0.4 is 5.32 Å². The molecule has 0 saturated carbocycles. The molecule has 2 rings (SSSR count). The topological polar surface area (TPSA) is 108 Å². The van der Waals surface area contributed by atoms with E-state index in [1.807, 2.05) is 19.1 Å². The lowest BCUT2D eigenvalue weighted by atomic mass is 10.0. The van der Waals surface area contributed by atoms with Crippen molar-refractivity contribution in [2.75, 3.05) is 5.32 Å². The number of carbonyl (C=O) groups excluding carboxylic acids is 1. The largest absolute Gasteiger partial charge is 0.416 e. The first-order chi connectivity index (χ1) is 10.4. The first kappa shape index (κ1) is 16.7.